The lowest BCUT2D eigenvalue weighted by Crippen LogP contribution is -3.15. The minimum absolute atomic E-state index is 0.0365. The maximum absolute atomic E-state index is 12.8. The standard InChI is InChI=1S/C20H32ClN3O3S/c1-16(2)7-6-8-17(3)22-20(25)15-23-11-13-24(14-12-23)28(26,27)19-10-5-4-9-18(19)21/h4-5,9-10,16-17H,6-8,11-15H2,1-3H3,(H,22,25)/p+1/t17-/m0/s1. The van der Waals surface area contributed by atoms with Crippen molar-refractivity contribution < 1.29 is 18.1 Å². The first-order valence-electron chi connectivity index (χ1n) is 10.1. The zero-order valence-electron chi connectivity index (χ0n) is 17.1. The maximum atomic E-state index is 12.8. The van der Waals surface area contributed by atoms with Crippen LogP contribution in [0, 0.1) is 5.92 Å². The SMILES string of the molecule is CC(C)CCC[C@H](C)NC(=O)C[NH+]1CCN(S(=O)(=O)c2ccccc2Cl)CC1. The Morgan fingerprint density at radius 3 is 2.43 bits per heavy atom. The molecule has 0 aromatic heterocycles. The second-order valence-electron chi connectivity index (χ2n) is 8.05. The summed E-state index contributed by atoms with van der Waals surface area (Å²) in [7, 11) is -3.59. The second-order valence-corrected chi connectivity index (χ2v) is 10.4. The van der Waals surface area contributed by atoms with Crippen LogP contribution in [0.15, 0.2) is 29.2 Å². The molecule has 158 valence electrons. The largest absolute Gasteiger partial charge is 0.349 e. The minimum atomic E-state index is -3.59. The molecule has 1 aromatic carbocycles. The number of sulfonamides is 1. The molecule has 0 saturated carbocycles. The Bertz CT molecular complexity index is 747. The van der Waals surface area contributed by atoms with Crippen LogP contribution in [0.1, 0.15) is 40.0 Å². The predicted molar refractivity (Wildman–Crippen MR) is 112 cm³/mol. The van der Waals surface area contributed by atoms with E-state index in [4.69, 9.17) is 11.6 Å². The molecule has 1 saturated heterocycles. The van der Waals surface area contributed by atoms with Gasteiger partial charge in [0.15, 0.2) is 6.54 Å². The first-order valence-corrected chi connectivity index (χ1v) is 11.9. The molecule has 1 aliphatic rings. The Kier molecular flexibility index (Phi) is 8.74. The summed E-state index contributed by atoms with van der Waals surface area (Å²) < 4.78 is 27.0. The fourth-order valence-electron chi connectivity index (χ4n) is 3.47. The van der Waals surface area contributed by atoms with Gasteiger partial charge < -0.3 is 10.2 Å². The Labute approximate surface area is 174 Å². The van der Waals surface area contributed by atoms with E-state index >= 15 is 0 Å². The van der Waals surface area contributed by atoms with Crippen LogP contribution in [-0.4, -0.2) is 57.4 Å². The van der Waals surface area contributed by atoms with Crippen molar-refractivity contribution in [3.63, 3.8) is 0 Å². The number of halogens is 1. The molecule has 2 rings (SSSR count). The van der Waals surface area contributed by atoms with Gasteiger partial charge in [-0.3, -0.25) is 4.79 Å². The van der Waals surface area contributed by atoms with Gasteiger partial charge in [-0.2, -0.15) is 4.31 Å². The zero-order chi connectivity index (χ0) is 20.7. The molecule has 2 N–H and O–H groups in total. The number of hydrogen-bond donors (Lipinski definition) is 2. The summed E-state index contributed by atoms with van der Waals surface area (Å²) >= 11 is 6.06. The van der Waals surface area contributed by atoms with Crippen molar-refractivity contribution >= 4 is 27.5 Å². The van der Waals surface area contributed by atoms with Gasteiger partial charge in [0.1, 0.15) is 4.90 Å². The van der Waals surface area contributed by atoms with Crippen LogP contribution >= 0.6 is 11.6 Å². The molecule has 1 amide bonds. The summed E-state index contributed by atoms with van der Waals surface area (Å²) in [4.78, 5) is 13.5. The Hall–Kier alpha value is -1.15. The van der Waals surface area contributed by atoms with Crippen molar-refractivity contribution in [2.24, 2.45) is 5.92 Å². The molecule has 8 heteroatoms. The minimum Gasteiger partial charge on any atom is -0.349 e. The molecule has 1 aliphatic heterocycles. The van der Waals surface area contributed by atoms with E-state index in [-0.39, 0.29) is 21.9 Å². The molecular weight excluding hydrogens is 398 g/mol. The van der Waals surface area contributed by atoms with Crippen molar-refractivity contribution in [3.05, 3.63) is 29.3 Å². The fourth-order valence-corrected chi connectivity index (χ4v) is 5.40. The average Bonchev–Trinajstić information content (AvgIpc) is 2.62. The quantitative estimate of drug-likeness (QED) is 0.624. The summed E-state index contributed by atoms with van der Waals surface area (Å²) in [6, 6.07) is 6.68. The lowest BCUT2D eigenvalue weighted by atomic mass is 10.0. The highest BCUT2D eigenvalue weighted by Crippen LogP contribution is 2.24. The average molecular weight is 431 g/mol. The van der Waals surface area contributed by atoms with E-state index in [0.29, 0.717) is 38.6 Å². The van der Waals surface area contributed by atoms with Gasteiger partial charge >= 0.3 is 0 Å². The van der Waals surface area contributed by atoms with E-state index in [1.54, 1.807) is 18.2 Å². The Morgan fingerprint density at radius 2 is 1.82 bits per heavy atom. The molecule has 1 heterocycles. The Morgan fingerprint density at radius 1 is 1.18 bits per heavy atom. The third kappa shape index (κ3) is 6.72. The highest BCUT2D eigenvalue weighted by Gasteiger charge is 2.32. The van der Waals surface area contributed by atoms with Gasteiger partial charge in [0.2, 0.25) is 10.0 Å². The number of benzene rings is 1. The fraction of sp³-hybridized carbons (Fsp3) is 0.650. The molecule has 0 unspecified atom stereocenters. The van der Waals surface area contributed by atoms with Crippen LogP contribution in [-0.2, 0) is 14.8 Å². The lowest BCUT2D eigenvalue weighted by Gasteiger charge is -2.31. The monoisotopic (exact) mass is 430 g/mol. The van der Waals surface area contributed by atoms with Gasteiger partial charge in [0.05, 0.1) is 31.2 Å². The third-order valence-electron chi connectivity index (χ3n) is 5.12. The molecule has 1 fully saturated rings. The first kappa shape index (κ1) is 23.1. The van der Waals surface area contributed by atoms with Crippen molar-refractivity contribution in [1.29, 1.82) is 0 Å². The van der Waals surface area contributed by atoms with E-state index in [9.17, 15) is 13.2 Å². The van der Waals surface area contributed by atoms with Gasteiger partial charge in [-0.25, -0.2) is 8.42 Å². The summed E-state index contributed by atoms with van der Waals surface area (Å²) in [5.41, 5.74) is 0. The molecule has 0 spiro atoms. The number of piperazine rings is 1. The maximum Gasteiger partial charge on any atom is 0.275 e. The summed E-state index contributed by atoms with van der Waals surface area (Å²) in [6.45, 7) is 8.84. The normalized spacial score (nSPS) is 17.6. The van der Waals surface area contributed by atoms with E-state index in [0.717, 1.165) is 17.7 Å². The molecule has 0 aliphatic carbocycles. The van der Waals surface area contributed by atoms with E-state index in [1.807, 2.05) is 6.92 Å². The number of hydrogen-bond acceptors (Lipinski definition) is 3. The van der Waals surface area contributed by atoms with Crippen LogP contribution in [0.25, 0.3) is 0 Å². The van der Waals surface area contributed by atoms with Gasteiger partial charge in [0.25, 0.3) is 5.91 Å². The van der Waals surface area contributed by atoms with E-state index in [1.165, 1.54) is 16.8 Å². The van der Waals surface area contributed by atoms with Gasteiger partial charge in [-0.05, 0) is 31.4 Å². The number of quaternary nitrogens is 1. The van der Waals surface area contributed by atoms with Gasteiger partial charge in [-0.1, -0.05) is 50.4 Å². The molecule has 1 atom stereocenters. The van der Waals surface area contributed by atoms with Crippen molar-refractivity contribution in [3.8, 4) is 0 Å². The molecule has 0 bridgehead atoms. The number of carbonyl (C=O) groups is 1. The highest BCUT2D eigenvalue weighted by atomic mass is 35.5. The predicted octanol–water partition coefficient (Wildman–Crippen LogP) is 1.56. The molecule has 28 heavy (non-hydrogen) atoms. The van der Waals surface area contributed by atoms with Crippen LogP contribution in [0.3, 0.4) is 0 Å². The third-order valence-corrected chi connectivity index (χ3v) is 7.52. The lowest BCUT2D eigenvalue weighted by molar-refractivity contribution is -0.895. The second kappa shape index (κ2) is 10.6. The molecule has 6 nitrogen and oxygen atoms in total. The number of amides is 1. The van der Waals surface area contributed by atoms with Crippen molar-refractivity contribution in [2.45, 2.75) is 51.0 Å². The molecular formula is C20H33ClN3O3S+. The van der Waals surface area contributed by atoms with Crippen LogP contribution in [0.2, 0.25) is 5.02 Å². The van der Waals surface area contributed by atoms with Crippen LogP contribution < -0.4 is 10.2 Å². The number of nitrogens with zero attached hydrogens (tertiary/aromatic N) is 1. The van der Waals surface area contributed by atoms with E-state index in [2.05, 4.69) is 19.2 Å². The molecule has 1 aromatic rings. The number of nitrogens with one attached hydrogen (secondary N) is 2. The van der Waals surface area contributed by atoms with Gasteiger partial charge in [-0.15, -0.1) is 0 Å². The van der Waals surface area contributed by atoms with Gasteiger partial charge in [0, 0.05) is 6.04 Å². The van der Waals surface area contributed by atoms with Crippen molar-refractivity contribution in [1.82, 2.24) is 9.62 Å². The Balaban J connectivity index is 1.79. The summed E-state index contributed by atoms with van der Waals surface area (Å²) in [5, 5.41) is 3.31. The first-order chi connectivity index (χ1) is 13.2. The number of rotatable bonds is 9. The number of carbonyl (C=O) groups excluding carboxylic acids is 1. The van der Waals surface area contributed by atoms with Crippen molar-refractivity contribution in [2.75, 3.05) is 32.7 Å². The topological polar surface area (TPSA) is 70.9 Å². The molecule has 0 radical (unpaired) electrons. The van der Waals surface area contributed by atoms with Crippen LogP contribution in [0.4, 0.5) is 0 Å². The smallest absolute Gasteiger partial charge is 0.275 e. The highest BCUT2D eigenvalue weighted by molar-refractivity contribution is 7.89. The van der Waals surface area contributed by atoms with E-state index < -0.39 is 10.0 Å². The summed E-state index contributed by atoms with van der Waals surface area (Å²) in [6.07, 6.45) is 3.28. The van der Waals surface area contributed by atoms with Crippen LogP contribution in [0.5, 0.6) is 0 Å². The zero-order valence-corrected chi connectivity index (χ0v) is 18.7. The summed E-state index contributed by atoms with van der Waals surface area (Å²) in [5.74, 6) is 0.722.